The van der Waals surface area contributed by atoms with E-state index in [2.05, 4.69) is 15.8 Å². The third kappa shape index (κ3) is 26.9. The van der Waals surface area contributed by atoms with Crippen molar-refractivity contribution < 1.29 is 162 Å². The van der Waals surface area contributed by atoms with E-state index in [9.17, 15) is 38.4 Å². The quantitative estimate of drug-likeness (QED) is 0.0342. The van der Waals surface area contributed by atoms with Crippen LogP contribution in [0.1, 0.15) is 96.6 Å². The normalized spacial score (nSPS) is 18.2. The van der Waals surface area contributed by atoms with Crippen molar-refractivity contribution in [2.24, 2.45) is 33.9 Å². The molecule has 0 saturated carbocycles. The highest BCUT2D eigenvalue weighted by Gasteiger charge is 2.52. The van der Waals surface area contributed by atoms with E-state index in [0.717, 1.165) is 50.5 Å². The SMILES string of the molecule is COc1cc([C@@H]2c3cc4c(cc3C3=NOCC3[C@@H]2C(=O)NCCOCCOCCOCCOCCC(=O)ON2C(=O)CCC2=O)OCO4)cc(OC)c1OC.COc1ccc(N2C[C@@H]3C(=N2)c2cc4c(cc2[C@@H](c2cc(OC)c(OC)c(OC)c2)[C@H]3C(=O)NCCOCCOCCOCCOCCOCCOCCOCCOCCCCC(=O)ON2C(=O)CCC2=O)OCO4)cc1. The Morgan fingerprint density at radius 2 is 0.742 bits per heavy atom. The Bertz CT molecular complexity index is 4650. The molecule has 6 heterocycles. The van der Waals surface area contributed by atoms with Crippen molar-refractivity contribution in [3.63, 3.8) is 0 Å². The second-order valence-electron chi connectivity index (χ2n) is 30.5. The minimum atomic E-state index is -0.721. The number of unbranched alkanes of at least 4 members (excludes halogenated alkanes) is 1. The van der Waals surface area contributed by atoms with Gasteiger partial charge in [-0.05, 0) is 108 Å². The molecule has 0 bridgehead atoms. The van der Waals surface area contributed by atoms with Crippen molar-refractivity contribution in [1.29, 1.82) is 0 Å². The van der Waals surface area contributed by atoms with E-state index in [1.54, 1.807) is 42.7 Å². The highest BCUT2D eigenvalue weighted by atomic mass is 16.7. The number of oxime groups is 1. The lowest BCUT2D eigenvalue weighted by atomic mass is 9.65. The van der Waals surface area contributed by atoms with Gasteiger partial charge in [0, 0.05) is 80.7 Å². The smallest absolute Gasteiger partial charge is 0.335 e. The average Bonchev–Trinajstić information content (AvgIpc) is 1.52. The zero-order valence-electron chi connectivity index (χ0n) is 75.4. The van der Waals surface area contributed by atoms with Gasteiger partial charge in [-0.3, -0.25) is 33.8 Å². The minimum absolute atomic E-state index is 0.0405. The molecule has 2 fully saturated rings. The molecule has 2 aliphatic carbocycles. The summed E-state index contributed by atoms with van der Waals surface area (Å²) in [6.07, 6.45) is 1.36. The molecule has 720 valence electrons. The lowest BCUT2D eigenvalue weighted by Gasteiger charge is -2.38. The van der Waals surface area contributed by atoms with Crippen LogP contribution in [0.3, 0.4) is 0 Å². The van der Waals surface area contributed by atoms with Crippen molar-refractivity contribution in [2.75, 3.05) is 253 Å². The molecule has 5 aromatic carbocycles. The van der Waals surface area contributed by atoms with Gasteiger partial charge >= 0.3 is 11.9 Å². The lowest BCUT2D eigenvalue weighted by Crippen LogP contribution is -2.46. The number of nitrogens with zero attached hydrogens (tertiary/aromatic N) is 5. The van der Waals surface area contributed by atoms with Crippen LogP contribution in [-0.2, 0) is 110 Å². The summed E-state index contributed by atoms with van der Waals surface area (Å²) in [6.45, 7) is 10.0. The first-order valence-corrected chi connectivity index (χ1v) is 43.9. The monoisotopic (exact) mass is 1850 g/mol. The van der Waals surface area contributed by atoms with E-state index in [4.69, 9.17) is 129 Å². The molecule has 2 saturated heterocycles. The fraction of sp³-hybridized carbons (Fsp3) is 0.560. The Labute approximate surface area is 763 Å². The van der Waals surface area contributed by atoms with Gasteiger partial charge in [-0.1, -0.05) is 5.16 Å². The molecule has 41 nitrogen and oxygen atoms in total. The van der Waals surface area contributed by atoms with Crippen LogP contribution in [0, 0.1) is 23.7 Å². The summed E-state index contributed by atoms with van der Waals surface area (Å²) in [7, 11) is 10.9. The zero-order chi connectivity index (χ0) is 92.9. The van der Waals surface area contributed by atoms with Crippen LogP contribution in [0.4, 0.5) is 5.69 Å². The van der Waals surface area contributed by atoms with Crippen LogP contribution in [0.5, 0.6) is 63.2 Å². The number of fused-ring (bicyclic) bond motifs is 8. The Hall–Kier alpha value is -11.5. The maximum atomic E-state index is 14.7. The zero-order valence-corrected chi connectivity index (χ0v) is 75.4. The Morgan fingerprint density at radius 1 is 0.386 bits per heavy atom. The predicted octanol–water partition coefficient (Wildman–Crippen LogP) is 5.81. The molecule has 8 aliphatic rings. The highest BCUT2D eigenvalue weighted by molar-refractivity contribution is 6.11. The molecule has 0 spiro atoms. The van der Waals surface area contributed by atoms with E-state index in [0.29, 0.717) is 218 Å². The molecular weight excluding hydrogens is 1740 g/mol. The van der Waals surface area contributed by atoms with E-state index in [-0.39, 0.29) is 128 Å². The average molecular weight is 1850 g/mol. The maximum absolute atomic E-state index is 14.7. The van der Waals surface area contributed by atoms with Gasteiger partial charge in [0.2, 0.25) is 36.9 Å². The summed E-state index contributed by atoms with van der Waals surface area (Å²) >= 11 is 0. The number of carbonyl (C=O) groups excluding carboxylic acids is 8. The fourth-order valence-electron chi connectivity index (χ4n) is 15.9. The molecule has 132 heavy (non-hydrogen) atoms. The van der Waals surface area contributed by atoms with Gasteiger partial charge in [0.05, 0.1) is 250 Å². The van der Waals surface area contributed by atoms with Gasteiger partial charge in [0.1, 0.15) is 12.4 Å². The number of carbonyl (C=O) groups is 8. The van der Waals surface area contributed by atoms with E-state index in [1.807, 2.05) is 77.8 Å². The van der Waals surface area contributed by atoms with Crippen LogP contribution < -0.4 is 67.7 Å². The summed E-state index contributed by atoms with van der Waals surface area (Å²) in [5, 5.41) is 18.7. The third-order valence-corrected chi connectivity index (χ3v) is 22.3. The summed E-state index contributed by atoms with van der Waals surface area (Å²) < 4.78 is 130. The van der Waals surface area contributed by atoms with Gasteiger partial charge in [-0.2, -0.15) is 5.10 Å². The topological polar surface area (TPSA) is 435 Å². The number of benzene rings is 5. The number of nitrogens with one attached hydrogen (secondary N) is 2. The first-order chi connectivity index (χ1) is 64.6. The molecule has 0 radical (unpaired) electrons. The van der Waals surface area contributed by atoms with E-state index >= 15 is 0 Å². The first kappa shape index (κ1) is 99.5. The summed E-state index contributed by atoms with van der Waals surface area (Å²) in [5.74, 6) is -0.709. The Kier molecular flexibility index (Phi) is 39.3. The Balaban J connectivity index is 0.000000252. The second kappa shape index (κ2) is 52.1. The molecule has 6 amide bonds. The predicted molar refractivity (Wildman–Crippen MR) is 463 cm³/mol. The van der Waals surface area contributed by atoms with Gasteiger partial charge in [-0.15, -0.1) is 10.1 Å². The van der Waals surface area contributed by atoms with E-state index in [1.165, 1.54) is 7.11 Å². The number of hydrogen-bond acceptors (Lipinski definition) is 37. The molecule has 5 aromatic rings. The molecule has 2 N–H and O–H groups in total. The number of hydroxylamine groups is 4. The molecule has 1 unspecified atom stereocenters. The van der Waals surface area contributed by atoms with Crippen LogP contribution in [0.2, 0.25) is 0 Å². The number of methoxy groups -OCH3 is 7. The number of hydrazone groups is 1. The standard InChI is InChI=1S/C54H72N4O19.C37H45N3O15/c1-63-39-10-8-38(9-11-39)57-35-42-51(50(37-31-45(64-2)53(66-4)46(32-37)65-3)40-33-43-44(76-36-75-43)34-41(40)52(42)56-57)54(62)55-14-16-68-18-20-70-22-24-72-26-28-74-30-29-73-27-25-71-23-21-69-19-17-67-15-6-5-7-49(61)77-58-47(59)12-13-48(58)60;1-45-28-16-22(17-29(46-2)36(28)47-3)33-23-18-26-27(53-21-52-26)19-24(23)35-25(20-54-39-35)34(33)37(44)38-7-9-49-11-13-51-15-14-50-12-10-48-8-6-32(43)55-40-30(41)4-5-31(40)42/h8-11,31-34,42,50-51H,5-7,12-30,35-36H2,1-4H3,(H,55,62);16-19,25,33-34H,4-15,20-21H2,1-3H3,(H,38,44)/t42-,50+,51-;25?,33-,34+/m01/s1. The number of hydrogen-bond donors (Lipinski definition) is 2. The van der Waals surface area contributed by atoms with Crippen LogP contribution in [-0.4, -0.2) is 317 Å². The van der Waals surface area contributed by atoms with Crippen LogP contribution in [0.15, 0.2) is 83.1 Å². The number of imide groups is 2. The Morgan fingerprint density at radius 3 is 1.13 bits per heavy atom. The maximum Gasteiger partial charge on any atom is 0.335 e. The summed E-state index contributed by atoms with van der Waals surface area (Å²) in [5.41, 5.74) is 7.27. The molecule has 0 aromatic heterocycles. The molecule has 6 aliphatic heterocycles. The van der Waals surface area contributed by atoms with Crippen LogP contribution >= 0.6 is 0 Å². The minimum Gasteiger partial charge on any atom is -0.497 e. The number of anilines is 1. The van der Waals surface area contributed by atoms with Gasteiger partial charge < -0.3 is 134 Å². The van der Waals surface area contributed by atoms with Crippen molar-refractivity contribution in [3.8, 4) is 63.2 Å². The van der Waals surface area contributed by atoms with Gasteiger partial charge in [-0.25, -0.2) is 9.59 Å². The van der Waals surface area contributed by atoms with Gasteiger partial charge in [0.25, 0.3) is 23.6 Å². The van der Waals surface area contributed by atoms with Crippen molar-refractivity contribution >= 4 is 64.5 Å². The van der Waals surface area contributed by atoms with E-state index < -0.39 is 59.2 Å². The molecule has 6 atom stereocenters. The third-order valence-electron chi connectivity index (χ3n) is 22.3. The number of rotatable bonds is 58. The molecule has 41 heteroatoms. The number of ether oxygens (including phenoxy) is 23. The fourth-order valence-corrected chi connectivity index (χ4v) is 15.9. The highest BCUT2D eigenvalue weighted by Crippen LogP contribution is 2.55. The second-order valence-corrected chi connectivity index (χ2v) is 30.5. The number of amides is 6. The van der Waals surface area contributed by atoms with Crippen molar-refractivity contribution in [2.45, 2.75) is 63.2 Å². The van der Waals surface area contributed by atoms with Crippen molar-refractivity contribution in [1.82, 2.24) is 20.8 Å². The summed E-state index contributed by atoms with van der Waals surface area (Å²) in [6, 6.07) is 22.9. The van der Waals surface area contributed by atoms with Crippen molar-refractivity contribution in [3.05, 3.63) is 106 Å². The van der Waals surface area contributed by atoms with Gasteiger partial charge in [0.15, 0.2) is 46.0 Å². The summed E-state index contributed by atoms with van der Waals surface area (Å²) in [4.78, 5) is 114. The lowest BCUT2D eigenvalue weighted by molar-refractivity contribution is -0.198. The first-order valence-electron chi connectivity index (χ1n) is 43.9. The largest absolute Gasteiger partial charge is 0.497 e. The van der Waals surface area contributed by atoms with Crippen LogP contribution in [0.25, 0.3) is 0 Å². The molecule has 13 rings (SSSR count). The molecular formula is C91H117N7O34.